The second-order valence-corrected chi connectivity index (χ2v) is 4.75. The topological polar surface area (TPSA) is 12.0 Å². The predicted molar refractivity (Wildman–Crippen MR) is 73.0 cm³/mol. The molecule has 21 heavy (non-hydrogen) atoms. The van der Waals surface area contributed by atoms with Crippen LogP contribution in [0.4, 0.5) is 17.6 Å². The molecule has 0 aliphatic rings. The number of aryl methyl sites for hydroxylation is 1. The van der Waals surface area contributed by atoms with E-state index in [9.17, 15) is 17.6 Å². The number of benzene rings is 2. The van der Waals surface area contributed by atoms with E-state index in [0.29, 0.717) is 6.54 Å². The molecule has 0 radical (unpaired) electrons. The van der Waals surface area contributed by atoms with Crippen molar-refractivity contribution in [3.05, 3.63) is 70.3 Å². The second kappa shape index (κ2) is 6.26. The summed E-state index contributed by atoms with van der Waals surface area (Å²) in [6, 6.07) is 4.44. The van der Waals surface area contributed by atoms with Gasteiger partial charge in [-0.1, -0.05) is 13.0 Å². The number of nitrogens with one attached hydrogen (secondary N) is 1. The first-order chi connectivity index (χ1) is 9.95. The highest BCUT2D eigenvalue weighted by Crippen LogP contribution is 2.30. The fourth-order valence-electron chi connectivity index (χ4n) is 2.26. The Morgan fingerprint density at radius 1 is 0.952 bits per heavy atom. The SMILES string of the molecule is CCNC(c1cc(C)c(F)cc1F)c1c(F)cccc1F. The van der Waals surface area contributed by atoms with Gasteiger partial charge in [-0.3, -0.25) is 0 Å². The molecule has 0 saturated heterocycles. The Balaban J connectivity index is 2.62. The van der Waals surface area contributed by atoms with Crippen LogP contribution in [0.5, 0.6) is 0 Å². The lowest BCUT2D eigenvalue weighted by Gasteiger charge is -2.21. The molecule has 1 N–H and O–H groups in total. The van der Waals surface area contributed by atoms with E-state index in [2.05, 4.69) is 5.32 Å². The van der Waals surface area contributed by atoms with Crippen molar-refractivity contribution in [1.82, 2.24) is 5.32 Å². The van der Waals surface area contributed by atoms with Gasteiger partial charge < -0.3 is 5.32 Å². The molecule has 0 aliphatic carbocycles. The zero-order chi connectivity index (χ0) is 15.6. The van der Waals surface area contributed by atoms with E-state index in [1.54, 1.807) is 6.92 Å². The van der Waals surface area contributed by atoms with E-state index in [-0.39, 0.29) is 16.7 Å². The molecule has 2 rings (SSSR count). The molecule has 0 aliphatic heterocycles. The lowest BCUT2D eigenvalue weighted by Crippen LogP contribution is -2.25. The summed E-state index contributed by atoms with van der Waals surface area (Å²) in [5.74, 6) is -3.09. The van der Waals surface area contributed by atoms with E-state index >= 15 is 0 Å². The highest BCUT2D eigenvalue weighted by atomic mass is 19.1. The van der Waals surface area contributed by atoms with Crippen molar-refractivity contribution in [3.8, 4) is 0 Å². The highest BCUT2D eigenvalue weighted by molar-refractivity contribution is 5.37. The van der Waals surface area contributed by atoms with Gasteiger partial charge in [-0.05, 0) is 37.2 Å². The molecule has 2 aromatic carbocycles. The summed E-state index contributed by atoms with van der Waals surface area (Å²) in [7, 11) is 0. The summed E-state index contributed by atoms with van der Waals surface area (Å²) in [6.07, 6.45) is 0. The first-order valence-corrected chi connectivity index (χ1v) is 6.58. The van der Waals surface area contributed by atoms with E-state index in [1.807, 2.05) is 0 Å². The van der Waals surface area contributed by atoms with E-state index < -0.39 is 29.3 Å². The van der Waals surface area contributed by atoms with Gasteiger partial charge in [0.2, 0.25) is 0 Å². The van der Waals surface area contributed by atoms with Gasteiger partial charge >= 0.3 is 0 Å². The van der Waals surface area contributed by atoms with Gasteiger partial charge in [0, 0.05) is 17.2 Å². The van der Waals surface area contributed by atoms with E-state index in [1.165, 1.54) is 19.1 Å². The maximum Gasteiger partial charge on any atom is 0.131 e. The quantitative estimate of drug-likeness (QED) is 0.832. The number of rotatable bonds is 4. The lowest BCUT2D eigenvalue weighted by molar-refractivity contribution is 0.491. The van der Waals surface area contributed by atoms with Crippen LogP contribution in [0.3, 0.4) is 0 Å². The molecule has 0 aromatic heterocycles. The van der Waals surface area contributed by atoms with E-state index in [0.717, 1.165) is 18.2 Å². The van der Waals surface area contributed by atoms with Crippen molar-refractivity contribution >= 4 is 0 Å². The molecule has 1 unspecified atom stereocenters. The van der Waals surface area contributed by atoms with Crippen molar-refractivity contribution in [2.45, 2.75) is 19.9 Å². The largest absolute Gasteiger partial charge is 0.306 e. The molecule has 0 bridgehead atoms. The Bertz CT molecular complexity index is 635. The molecule has 0 fully saturated rings. The summed E-state index contributed by atoms with van der Waals surface area (Å²) in [4.78, 5) is 0. The third-order valence-corrected chi connectivity index (χ3v) is 3.29. The number of hydrogen-bond acceptors (Lipinski definition) is 1. The minimum Gasteiger partial charge on any atom is -0.306 e. The van der Waals surface area contributed by atoms with Gasteiger partial charge in [0.05, 0.1) is 6.04 Å². The third-order valence-electron chi connectivity index (χ3n) is 3.29. The van der Waals surface area contributed by atoms with Crippen molar-refractivity contribution in [1.29, 1.82) is 0 Å². The molecule has 1 nitrogen and oxygen atoms in total. The normalized spacial score (nSPS) is 12.5. The Morgan fingerprint density at radius 3 is 2.14 bits per heavy atom. The first kappa shape index (κ1) is 15.5. The molecule has 5 heteroatoms. The van der Waals surface area contributed by atoms with Crippen LogP contribution < -0.4 is 5.32 Å². The fraction of sp³-hybridized carbons (Fsp3) is 0.250. The Hall–Kier alpha value is -1.88. The zero-order valence-corrected chi connectivity index (χ0v) is 11.7. The van der Waals surface area contributed by atoms with Crippen molar-refractivity contribution in [2.24, 2.45) is 0 Å². The van der Waals surface area contributed by atoms with Gasteiger partial charge in [-0.2, -0.15) is 0 Å². The first-order valence-electron chi connectivity index (χ1n) is 6.58. The molecule has 0 saturated carbocycles. The minimum atomic E-state index is -1.02. The summed E-state index contributed by atoms with van der Waals surface area (Å²) in [5, 5.41) is 2.84. The average Bonchev–Trinajstić information content (AvgIpc) is 2.42. The Kier molecular flexibility index (Phi) is 4.63. The molecule has 2 aromatic rings. The lowest BCUT2D eigenvalue weighted by atomic mass is 9.95. The maximum atomic E-state index is 14.0. The summed E-state index contributed by atoms with van der Waals surface area (Å²) < 4.78 is 55.3. The highest BCUT2D eigenvalue weighted by Gasteiger charge is 2.24. The molecule has 0 heterocycles. The Labute approximate surface area is 120 Å². The van der Waals surface area contributed by atoms with Gasteiger partial charge in [-0.25, -0.2) is 17.6 Å². The zero-order valence-electron chi connectivity index (χ0n) is 11.7. The van der Waals surface area contributed by atoms with Gasteiger partial charge in [-0.15, -0.1) is 0 Å². The second-order valence-electron chi connectivity index (χ2n) is 4.75. The Morgan fingerprint density at radius 2 is 1.57 bits per heavy atom. The number of halogens is 4. The molecule has 1 atom stereocenters. The van der Waals surface area contributed by atoms with Gasteiger partial charge in [0.25, 0.3) is 0 Å². The maximum absolute atomic E-state index is 14.0. The van der Waals surface area contributed by atoms with Gasteiger partial charge in [0.1, 0.15) is 23.3 Å². The van der Waals surface area contributed by atoms with Crippen LogP contribution in [0.15, 0.2) is 30.3 Å². The molecule has 0 spiro atoms. The van der Waals surface area contributed by atoms with Crippen LogP contribution in [0, 0.1) is 30.2 Å². The van der Waals surface area contributed by atoms with Crippen LogP contribution in [0.1, 0.15) is 29.7 Å². The van der Waals surface area contributed by atoms with Gasteiger partial charge in [0.15, 0.2) is 0 Å². The van der Waals surface area contributed by atoms with Crippen molar-refractivity contribution in [2.75, 3.05) is 6.54 Å². The predicted octanol–water partition coefficient (Wildman–Crippen LogP) is 4.25. The monoisotopic (exact) mass is 297 g/mol. The van der Waals surface area contributed by atoms with E-state index in [4.69, 9.17) is 0 Å². The van der Waals surface area contributed by atoms with Crippen LogP contribution in [0.2, 0.25) is 0 Å². The van der Waals surface area contributed by atoms with Crippen LogP contribution in [0.25, 0.3) is 0 Å². The number of hydrogen-bond donors (Lipinski definition) is 1. The summed E-state index contributed by atoms with van der Waals surface area (Å²) in [6.45, 7) is 3.58. The standard InChI is InChI=1S/C16H15F4N/c1-3-21-16(15-11(17)5-4-6-12(15)18)10-7-9(2)13(19)8-14(10)20/h4-8,16,21H,3H2,1-2H3. The van der Waals surface area contributed by atoms with Crippen molar-refractivity contribution in [3.63, 3.8) is 0 Å². The third kappa shape index (κ3) is 3.08. The smallest absolute Gasteiger partial charge is 0.131 e. The van der Waals surface area contributed by atoms with Crippen LogP contribution in [-0.2, 0) is 0 Å². The molecule has 0 amide bonds. The van der Waals surface area contributed by atoms with Crippen LogP contribution >= 0.6 is 0 Å². The molecular formula is C16H15F4N. The fourth-order valence-corrected chi connectivity index (χ4v) is 2.26. The average molecular weight is 297 g/mol. The van der Waals surface area contributed by atoms with Crippen LogP contribution in [-0.4, -0.2) is 6.54 Å². The minimum absolute atomic E-state index is 0.0137. The molecular weight excluding hydrogens is 282 g/mol. The van der Waals surface area contributed by atoms with Crippen molar-refractivity contribution < 1.29 is 17.6 Å². The summed E-state index contributed by atoms with van der Waals surface area (Å²) in [5.41, 5.74) is -0.0462. The summed E-state index contributed by atoms with van der Waals surface area (Å²) >= 11 is 0. The molecule has 112 valence electrons.